The standard InChI is InChI=1S/C26H27F5N6O5S/c1-15-9-17(5-6-18(15)11-32-22(38)21-35-23(42-36-21)24(2,3)4)20-19-10-16(12-37(19)34-14-33-20)7-8-25(27,28)13-41-43(39,40)26(29,30)31/h5-6,9-10,12,14H,7-8,11,13H2,1-4H3,(H,32,38). The minimum atomic E-state index is -6.13. The van der Waals surface area contributed by atoms with E-state index >= 15 is 0 Å². The first-order chi connectivity index (χ1) is 19.9. The van der Waals surface area contributed by atoms with Gasteiger partial charge in [-0.3, -0.25) is 8.98 Å². The van der Waals surface area contributed by atoms with Crippen molar-refractivity contribution in [3.05, 3.63) is 65.2 Å². The largest absolute Gasteiger partial charge is 0.523 e. The van der Waals surface area contributed by atoms with Crippen LogP contribution in [-0.2, 0) is 32.7 Å². The van der Waals surface area contributed by atoms with Gasteiger partial charge in [0.1, 0.15) is 12.9 Å². The molecule has 43 heavy (non-hydrogen) atoms. The smallest absolute Gasteiger partial charge is 0.345 e. The third-order valence-corrected chi connectivity index (χ3v) is 7.27. The van der Waals surface area contributed by atoms with Crippen LogP contribution in [0.25, 0.3) is 16.8 Å². The van der Waals surface area contributed by atoms with Crippen molar-refractivity contribution in [2.45, 2.75) is 63.9 Å². The molecule has 0 fully saturated rings. The Labute approximate surface area is 242 Å². The molecule has 1 aromatic carbocycles. The Morgan fingerprint density at radius 1 is 1.12 bits per heavy atom. The summed E-state index contributed by atoms with van der Waals surface area (Å²) in [5, 5.41) is 10.6. The van der Waals surface area contributed by atoms with Crippen LogP contribution in [0.1, 0.15) is 60.4 Å². The summed E-state index contributed by atoms with van der Waals surface area (Å²) in [4.78, 5) is 21.0. The van der Waals surface area contributed by atoms with Crippen LogP contribution in [0.5, 0.6) is 0 Å². The normalized spacial score (nSPS) is 13.0. The molecule has 1 N–H and O–H groups in total. The van der Waals surface area contributed by atoms with Crippen LogP contribution in [-0.4, -0.2) is 57.1 Å². The lowest BCUT2D eigenvalue weighted by Crippen LogP contribution is -2.32. The van der Waals surface area contributed by atoms with Gasteiger partial charge in [-0.25, -0.2) is 18.3 Å². The lowest BCUT2D eigenvalue weighted by molar-refractivity contribution is -0.0743. The van der Waals surface area contributed by atoms with Gasteiger partial charge in [0, 0.05) is 30.1 Å². The fourth-order valence-electron chi connectivity index (χ4n) is 3.89. The number of amides is 1. The maximum atomic E-state index is 14.1. The number of hydrogen-bond donors (Lipinski definition) is 1. The highest BCUT2D eigenvalue weighted by Gasteiger charge is 2.49. The number of fused-ring (bicyclic) bond motifs is 1. The van der Waals surface area contributed by atoms with Crippen molar-refractivity contribution in [3.8, 4) is 11.3 Å². The van der Waals surface area contributed by atoms with Gasteiger partial charge in [-0.1, -0.05) is 38.1 Å². The number of hydrogen-bond acceptors (Lipinski definition) is 9. The fourth-order valence-corrected chi connectivity index (χ4v) is 4.35. The summed E-state index contributed by atoms with van der Waals surface area (Å²) < 4.78 is 97.3. The molecule has 4 aromatic rings. The first-order valence-electron chi connectivity index (χ1n) is 12.7. The zero-order valence-electron chi connectivity index (χ0n) is 23.4. The van der Waals surface area contributed by atoms with E-state index in [1.807, 2.05) is 33.8 Å². The number of aryl methyl sites for hydroxylation is 2. The van der Waals surface area contributed by atoms with E-state index in [9.17, 15) is 35.2 Å². The van der Waals surface area contributed by atoms with Crippen molar-refractivity contribution in [3.63, 3.8) is 0 Å². The highest BCUT2D eigenvalue weighted by Crippen LogP contribution is 2.30. The number of rotatable bonds is 10. The van der Waals surface area contributed by atoms with Crippen molar-refractivity contribution in [1.29, 1.82) is 0 Å². The molecule has 0 bridgehead atoms. The Kier molecular flexibility index (Phi) is 8.61. The summed E-state index contributed by atoms with van der Waals surface area (Å²) in [5.41, 5.74) is -2.59. The van der Waals surface area contributed by atoms with Gasteiger partial charge in [0.2, 0.25) is 5.89 Å². The number of nitrogens with one attached hydrogen (secondary N) is 1. The average Bonchev–Trinajstić information content (AvgIpc) is 3.57. The van der Waals surface area contributed by atoms with E-state index in [0.29, 0.717) is 28.2 Å². The number of alkyl halides is 5. The quantitative estimate of drug-likeness (QED) is 0.149. The van der Waals surface area contributed by atoms with E-state index in [-0.39, 0.29) is 18.8 Å². The SMILES string of the molecule is Cc1cc(-c2ncnn3cc(CCC(F)(F)COS(=O)(=O)C(F)(F)F)cc23)ccc1CNC(=O)c1noc(C(C)(C)C)n1. The minimum absolute atomic E-state index is 0.0803. The number of halogens is 5. The van der Waals surface area contributed by atoms with Crippen LogP contribution in [0, 0.1) is 6.92 Å². The number of nitrogens with zero attached hydrogens (tertiary/aromatic N) is 5. The Balaban J connectivity index is 1.43. The summed E-state index contributed by atoms with van der Waals surface area (Å²) in [5.74, 6) is -4.09. The van der Waals surface area contributed by atoms with Crippen LogP contribution in [0.2, 0.25) is 0 Å². The van der Waals surface area contributed by atoms with Crippen LogP contribution < -0.4 is 5.32 Å². The van der Waals surface area contributed by atoms with Gasteiger partial charge in [-0.15, -0.1) is 0 Å². The third-order valence-electron chi connectivity index (χ3n) is 6.28. The van der Waals surface area contributed by atoms with Gasteiger partial charge < -0.3 is 9.84 Å². The molecule has 0 unspecified atom stereocenters. The molecule has 3 aromatic heterocycles. The molecule has 11 nitrogen and oxygen atoms in total. The van der Waals surface area contributed by atoms with E-state index < -0.39 is 45.9 Å². The van der Waals surface area contributed by atoms with Crippen LogP contribution in [0.3, 0.4) is 0 Å². The molecule has 4 rings (SSSR count). The highest BCUT2D eigenvalue weighted by atomic mass is 32.2. The second-order valence-electron chi connectivity index (χ2n) is 10.8. The van der Waals surface area contributed by atoms with Crippen molar-refractivity contribution < 1.29 is 43.9 Å². The average molecular weight is 631 g/mol. The minimum Gasteiger partial charge on any atom is -0.345 e. The molecule has 0 radical (unpaired) electrons. The number of benzene rings is 1. The number of carbonyl (C=O) groups is 1. The first kappa shape index (κ1) is 31.9. The van der Waals surface area contributed by atoms with E-state index in [4.69, 9.17) is 4.52 Å². The van der Waals surface area contributed by atoms with Gasteiger partial charge in [-0.05, 0) is 42.2 Å². The molecule has 0 aliphatic carbocycles. The number of carbonyl (C=O) groups excluding carboxylic acids is 1. The van der Waals surface area contributed by atoms with Gasteiger partial charge in [0.05, 0.1) is 11.2 Å². The van der Waals surface area contributed by atoms with Crippen molar-refractivity contribution in [1.82, 2.24) is 30.1 Å². The Bertz CT molecular complexity index is 1740. The molecular weight excluding hydrogens is 603 g/mol. The molecule has 0 saturated heterocycles. The van der Waals surface area contributed by atoms with E-state index in [2.05, 4.69) is 29.7 Å². The third kappa shape index (κ3) is 7.51. The highest BCUT2D eigenvalue weighted by molar-refractivity contribution is 7.87. The lowest BCUT2D eigenvalue weighted by Gasteiger charge is -2.16. The van der Waals surface area contributed by atoms with Gasteiger partial charge in [0.25, 0.3) is 17.7 Å². The molecule has 0 saturated carbocycles. The second kappa shape index (κ2) is 11.6. The Morgan fingerprint density at radius 2 is 1.84 bits per heavy atom. The van der Waals surface area contributed by atoms with Crippen LogP contribution in [0.4, 0.5) is 22.0 Å². The molecule has 0 aliphatic heterocycles. The Morgan fingerprint density at radius 3 is 2.47 bits per heavy atom. The Hall–Kier alpha value is -3.99. The molecule has 17 heteroatoms. The summed E-state index contributed by atoms with van der Waals surface area (Å²) in [7, 11) is -6.13. The maximum absolute atomic E-state index is 14.1. The first-order valence-corrected chi connectivity index (χ1v) is 14.2. The van der Waals surface area contributed by atoms with E-state index in [0.717, 1.165) is 11.1 Å². The predicted octanol–water partition coefficient (Wildman–Crippen LogP) is 4.75. The zero-order valence-corrected chi connectivity index (χ0v) is 24.2. The fraction of sp³-hybridized carbons (Fsp3) is 0.423. The van der Waals surface area contributed by atoms with Gasteiger partial charge >= 0.3 is 15.6 Å². The monoisotopic (exact) mass is 630 g/mol. The lowest BCUT2D eigenvalue weighted by atomic mass is 9.97. The molecule has 0 atom stereocenters. The van der Waals surface area contributed by atoms with Crippen LogP contribution in [0.15, 0.2) is 41.3 Å². The molecule has 3 heterocycles. The van der Waals surface area contributed by atoms with Gasteiger partial charge in [-0.2, -0.15) is 31.7 Å². The molecular formula is C26H27F5N6O5S. The topological polar surface area (TPSA) is 142 Å². The molecule has 232 valence electrons. The van der Waals surface area contributed by atoms with Crippen molar-refractivity contribution in [2.24, 2.45) is 0 Å². The molecule has 0 aliphatic rings. The zero-order chi connectivity index (χ0) is 31.8. The summed E-state index contributed by atoms with van der Waals surface area (Å²) in [6.07, 6.45) is 1.46. The molecule has 1 amide bonds. The molecule has 0 spiro atoms. The summed E-state index contributed by atoms with van der Waals surface area (Å²) >= 11 is 0. The van der Waals surface area contributed by atoms with Crippen molar-refractivity contribution >= 4 is 21.5 Å². The summed E-state index contributed by atoms with van der Waals surface area (Å²) in [6, 6.07) is 6.94. The maximum Gasteiger partial charge on any atom is 0.523 e. The van der Waals surface area contributed by atoms with Gasteiger partial charge in [0.15, 0.2) is 0 Å². The van der Waals surface area contributed by atoms with E-state index in [1.54, 1.807) is 18.2 Å². The predicted molar refractivity (Wildman–Crippen MR) is 142 cm³/mol. The van der Waals surface area contributed by atoms with E-state index in [1.165, 1.54) is 17.0 Å². The second-order valence-corrected chi connectivity index (χ2v) is 12.4. The van der Waals surface area contributed by atoms with Crippen molar-refractivity contribution in [2.75, 3.05) is 6.61 Å². The number of aromatic nitrogens is 5. The summed E-state index contributed by atoms with van der Waals surface area (Å²) in [6.45, 7) is 5.72. The van der Waals surface area contributed by atoms with Crippen LogP contribution >= 0.6 is 0 Å².